The fraction of sp³-hybridized carbons (Fsp3) is 0.143. The van der Waals surface area contributed by atoms with Crippen molar-refractivity contribution >= 4 is 29.6 Å². The molecule has 0 aliphatic heterocycles. The number of rotatable bonds is 10. The summed E-state index contributed by atoms with van der Waals surface area (Å²) in [5.41, 5.74) is 6.02. The highest BCUT2D eigenvalue weighted by Gasteiger charge is 2.12. The maximum Gasteiger partial charge on any atom is 0.259 e. The minimum Gasteiger partial charge on any atom is -0.494 e. The first-order chi connectivity index (χ1) is 18.0. The summed E-state index contributed by atoms with van der Waals surface area (Å²) < 4.78 is 7.44. The molecule has 8 nitrogen and oxygen atoms in total. The van der Waals surface area contributed by atoms with Crippen LogP contribution in [0.2, 0.25) is 5.02 Å². The Morgan fingerprint density at radius 2 is 1.76 bits per heavy atom. The average molecular weight is 516 g/mol. The van der Waals surface area contributed by atoms with Crippen LogP contribution in [0.1, 0.15) is 29.3 Å². The van der Waals surface area contributed by atoms with Crippen molar-refractivity contribution in [3.63, 3.8) is 0 Å². The Bertz CT molecular complexity index is 1370. The van der Waals surface area contributed by atoms with E-state index in [1.807, 2.05) is 60.8 Å². The molecule has 0 radical (unpaired) electrons. The lowest BCUT2D eigenvalue weighted by Gasteiger charge is -2.05. The fourth-order valence-electron chi connectivity index (χ4n) is 3.43. The van der Waals surface area contributed by atoms with E-state index in [9.17, 15) is 9.59 Å². The third-order valence-electron chi connectivity index (χ3n) is 5.27. The van der Waals surface area contributed by atoms with Crippen molar-refractivity contribution in [2.45, 2.75) is 13.3 Å². The van der Waals surface area contributed by atoms with E-state index in [0.29, 0.717) is 28.5 Å². The molecule has 2 amide bonds. The zero-order valence-corrected chi connectivity index (χ0v) is 21.0. The number of nitrogens with one attached hydrogen (secondary N) is 2. The second-order valence-electron chi connectivity index (χ2n) is 8.07. The van der Waals surface area contributed by atoms with Crippen molar-refractivity contribution in [3.8, 4) is 22.7 Å². The maximum atomic E-state index is 12.2. The summed E-state index contributed by atoms with van der Waals surface area (Å²) in [7, 11) is 0. The summed E-state index contributed by atoms with van der Waals surface area (Å²) in [6.07, 6.45) is 4.30. The van der Waals surface area contributed by atoms with E-state index < -0.39 is 5.91 Å². The summed E-state index contributed by atoms with van der Waals surface area (Å²) in [5, 5.41) is 11.9. The highest BCUT2D eigenvalue weighted by Crippen LogP contribution is 2.25. The van der Waals surface area contributed by atoms with Crippen molar-refractivity contribution in [3.05, 3.63) is 101 Å². The second-order valence-corrected chi connectivity index (χ2v) is 8.51. The Hall–Kier alpha value is -4.43. The molecule has 0 bridgehead atoms. The summed E-state index contributed by atoms with van der Waals surface area (Å²) in [6, 6.07) is 23.8. The average Bonchev–Trinajstić information content (AvgIpc) is 3.36. The van der Waals surface area contributed by atoms with E-state index >= 15 is 0 Å². The van der Waals surface area contributed by atoms with Crippen molar-refractivity contribution in [1.29, 1.82) is 0 Å². The van der Waals surface area contributed by atoms with Gasteiger partial charge in [0.05, 0.1) is 25.1 Å². The molecule has 37 heavy (non-hydrogen) atoms. The van der Waals surface area contributed by atoms with Gasteiger partial charge in [-0.2, -0.15) is 10.2 Å². The number of para-hydroxylation sites is 1. The van der Waals surface area contributed by atoms with Crippen molar-refractivity contribution in [2.24, 2.45) is 5.10 Å². The van der Waals surface area contributed by atoms with Crippen molar-refractivity contribution < 1.29 is 14.3 Å². The lowest BCUT2D eigenvalue weighted by molar-refractivity contribution is -0.120. The molecule has 1 heterocycles. The number of aromatic nitrogens is 2. The van der Waals surface area contributed by atoms with E-state index in [4.69, 9.17) is 21.4 Å². The van der Waals surface area contributed by atoms with Gasteiger partial charge < -0.3 is 10.1 Å². The van der Waals surface area contributed by atoms with Gasteiger partial charge in [0.2, 0.25) is 0 Å². The normalized spacial score (nSPS) is 10.9. The minimum atomic E-state index is -0.465. The van der Waals surface area contributed by atoms with E-state index in [0.717, 1.165) is 23.4 Å². The van der Waals surface area contributed by atoms with Crippen LogP contribution in [0.25, 0.3) is 16.9 Å². The van der Waals surface area contributed by atoms with Crippen LogP contribution in [0.4, 0.5) is 0 Å². The molecule has 0 atom stereocenters. The second kappa shape index (κ2) is 12.5. The van der Waals surface area contributed by atoms with E-state index in [-0.39, 0.29) is 12.5 Å². The minimum absolute atomic E-state index is 0.228. The number of benzene rings is 3. The molecule has 0 saturated carbocycles. The molecule has 3 aromatic carbocycles. The fourth-order valence-corrected chi connectivity index (χ4v) is 3.55. The number of carbonyl (C=O) groups is 2. The Labute approximate surface area is 219 Å². The molecule has 188 valence electrons. The molecule has 0 aliphatic rings. The first-order valence-electron chi connectivity index (χ1n) is 11.8. The number of nitrogens with zero attached hydrogens (tertiary/aromatic N) is 3. The van der Waals surface area contributed by atoms with Gasteiger partial charge >= 0.3 is 0 Å². The molecular weight excluding hydrogens is 490 g/mol. The predicted octanol–water partition coefficient (Wildman–Crippen LogP) is 4.86. The van der Waals surface area contributed by atoms with E-state index in [1.54, 1.807) is 28.9 Å². The standard InChI is InChI=1S/C28H26ClN5O3/c1-2-16-37-25-14-10-20(11-15-25)27-22(19-34(33-27)24-6-4-3-5-7-24)17-31-32-26(35)18-30-28(36)21-8-12-23(29)13-9-21/h3-15,17,19H,2,16,18H2,1H3,(H,30,36)(H,32,35)/b31-17+. The van der Waals surface area contributed by atoms with Gasteiger partial charge in [0, 0.05) is 27.9 Å². The van der Waals surface area contributed by atoms with Crippen LogP contribution in [0.15, 0.2) is 90.2 Å². The summed E-state index contributed by atoms with van der Waals surface area (Å²) in [6.45, 7) is 2.48. The number of hydrogen-bond donors (Lipinski definition) is 2. The van der Waals surface area contributed by atoms with Gasteiger partial charge in [-0.15, -0.1) is 0 Å². The van der Waals surface area contributed by atoms with Crippen LogP contribution in [0.5, 0.6) is 5.75 Å². The van der Waals surface area contributed by atoms with Gasteiger partial charge in [0.1, 0.15) is 11.4 Å². The maximum absolute atomic E-state index is 12.2. The topological polar surface area (TPSA) is 97.6 Å². The highest BCUT2D eigenvalue weighted by atomic mass is 35.5. The van der Waals surface area contributed by atoms with E-state index in [1.165, 1.54) is 6.21 Å². The number of carbonyl (C=O) groups excluding carboxylic acids is 2. The first kappa shape index (κ1) is 25.7. The quantitative estimate of drug-likeness (QED) is 0.233. The molecule has 0 spiro atoms. The molecule has 4 aromatic rings. The van der Waals surface area contributed by atoms with Gasteiger partial charge in [-0.25, -0.2) is 10.1 Å². The van der Waals surface area contributed by atoms with Crippen LogP contribution in [0, 0.1) is 0 Å². The number of amides is 2. The van der Waals surface area contributed by atoms with Crippen molar-refractivity contribution in [1.82, 2.24) is 20.5 Å². The van der Waals surface area contributed by atoms with Gasteiger partial charge in [0.15, 0.2) is 0 Å². The zero-order valence-electron chi connectivity index (χ0n) is 20.2. The van der Waals surface area contributed by atoms with E-state index in [2.05, 4.69) is 22.8 Å². The van der Waals surface area contributed by atoms with Gasteiger partial charge in [-0.3, -0.25) is 9.59 Å². The number of hydrogen-bond acceptors (Lipinski definition) is 5. The third-order valence-corrected chi connectivity index (χ3v) is 5.52. The monoisotopic (exact) mass is 515 g/mol. The van der Waals surface area contributed by atoms with Crippen LogP contribution in [-0.2, 0) is 4.79 Å². The Morgan fingerprint density at radius 1 is 1.03 bits per heavy atom. The molecule has 0 saturated heterocycles. The third kappa shape index (κ3) is 7.05. The highest BCUT2D eigenvalue weighted by molar-refractivity contribution is 6.30. The number of ether oxygens (including phenoxy) is 1. The summed E-state index contributed by atoms with van der Waals surface area (Å²) in [5.74, 6) is -0.0576. The van der Waals surface area contributed by atoms with Crippen LogP contribution in [-0.4, -0.2) is 41.0 Å². The Morgan fingerprint density at radius 3 is 2.46 bits per heavy atom. The van der Waals surface area contributed by atoms with Crippen molar-refractivity contribution in [2.75, 3.05) is 13.2 Å². The Balaban J connectivity index is 1.46. The number of hydrazone groups is 1. The van der Waals surface area contributed by atoms with Gasteiger partial charge in [0.25, 0.3) is 11.8 Å². The Kier molecular flexibility index (Phi) is 8.67. The molecular formula is C28H26ClN5O3. The SMILES string of the molecule is CCCOc1ccc(-c2nn(-c3ccccc3)cc2/C=N/NC(=O)CNC(=O)c2ccc(Cl)cc2)cc1. The molecule has 0 aliphatic carbocycles. The molecule has 1 aromatic heterocycles. The predicted molar refractivity (Wildman–Crippen MR) is 144 cm³/mol. The smallest absolute Gasteiger partial charge is 0.259 e. The molecule has 0 fully saturated rings. The molecule has 0 unspecified atom stereocenters. The molecule has 9 heteroatoms. The van der Waals surface area contributed by atoms with Crippen LogP contribution < -0.4 is 15.5 Å². The lowest BCUT2D eigenvalue weighted by atomic mass is 10.1. The summed E-state index contributed by atoms with van der Waals surface area (Å²) in [4.78, 5) is 24.4. The zero-order chi connectivity index (χ0) is 26.0. The first-order valence-corrected chi connectivity index (χ1v) is 12.2. The molecule has 2 N–H and O–H groups in total. The largest absolute Gasteiger partial charge is 0.494 e. The van der Waals surface area contributed by atoms with Crippen LogP contribution in [0.3, 0.4) is 0 Å². The van der Waals surface area contributed by atoms with Crippen LogP contribution >= 0.6 is 11.6 Å². The summed E-state index contributed by atoms with van der Waals surface area (Å²) >= 11 is 5.84. The van der Waals surface area contributed by atoms with Gasteiger partial charge in [-0.05, 0) is 67.1 Å². The molecule has 4 rings (SSSR count). The number of halogens is 1. The lowest BCUT2D eigenvalue weighted by Crippen LogP contribution is -2.34. The van der Waals surface area contributed by atoms with Gasteiger partial charge in [-0.1, -0.05) is 36.7 Å².